The molecule has 2 heterocycles. The SMILES string of the molecule is C=S(=O)(Nc1cc(-c2sc(-c3ccc(S(C)=O)cc3)nc2-c2cccc(C)c2)ccn1)c1ccccc1. The molecule has 2 aromatic heterocycles. The van der Waals surface area contributed by atoms with Gasteiger partial charge in [0, 0.05) is 44.2 Å². The maximum atomic E-state index is 13.3. The fourth-order valence-corrected chi connectivity index (χ4v) is 6.68. The van der Waals surface area contributed by atoms with Gasteiger partial charge in [-0.1, -0.05) is 54.1 Å². The lowest BCUT2D eigenvalue weighted by Crippen LogP contribution is -2.13. The fraction of sp³-hybridized carbons (Fsp3) is 0.0690. The van der Waals surface area contributed by atoms with Crippen molar-refractivity contribution in [3.8, 4) is 32.3 Å². The van der Waals surface area contributed by atoms with Crippen LogP contribution in [0.15, 0.2) is 107 Å². The Hall–Kier alpha value is -3.59. The number of hydrogen-bond acceptors (Lipinski definition) is 5. The normalized spacial score (nSPS) is 13.6. The lowest BCUT2D eigenvalue weighted by molar-refractivity contribution is 0.684. The maximum absolute atomic E-state index is 13.3. The Bertz CT molecular complexity index is 1690. The van der Waals surface area contributed by atoms with Crippen molar-refractivity contribution in [2.24, 2.45) is 0 Å². The van der Waals surface area contributed by atoms with Crippen LogP contribution in [0.2, 0.25) is 0 Å². The highest BCUT2D eigenvalue weighted by Gasteiger charge is 2.18. The topological polar surface area (TPSA) is 72.0 Å². The first-order valence-electron chi connectivity index (χ1n) is 11.5. The molecule has 3 aromatic carbocycles. The van der Waals surface area contributed by atoms with Crippen LogP contribution in [0.25, 0.3) is 32.3 Å². The molecule has 5 aromatic rings. The maximum Gasteiger partial charge on any atom is 0.138 e. The highest BCUT2D eigenvalue weighted by atomic mass is 32.2. The molecule has 5 nitrogen and oxygen atoms in total. The number of hydrogen-bond donors (Lipinski definition) is 1. The number of pyridine rings is 1. The summed E-state index contributed by atoms with van der Waals surface area (Å²) in [6, 6.07) is 28.9. The number of aromatic nitrogens is 2. The molecule has 2 atom stereocenters. The van der Waals surface area contributed by atoms with Crippen LogP contribution in [-0.2, 0) is 20.5 Å². The van der Waals surface area contributed by atoms with Gasteiger partial charge in [-0.3, -0.25) is 8.93 Å². The lowest BCUT2D eigenvalue weighted by atomic mass is 10.1. The van der Waals surface area contributed by atoms with Crippen LogP contribution >= 0.6 is 11.3 Å². The Labute approximate surface area is 223 Å². The van der Waals surface area contributed by atoms with Gasteiger partial charge in [0.1, 0.15) is 10.8 Å². The molecule has 1 N–H and O–H groups in total. The van der Waals surface area contributed by atoms with Crippen LogP contribution in [-0.4, -0.2) is 30.5 Å². The van der Waals surface area contributed by atoms with E-state index in [2.05, 4.69) is 40.7 Å². The molecule has 37 heavy (non-hydrogen) atoms. The van der Waals surface area contributed by atoms with E-state index < -0.39 is 20.5 Å². The van der Waals surface area contributed by atoms with E-state index in [0.29, 0.717) is 10.7 Å². The van der Waals surface area contributed by atoms with Crippen molar-refractivity contribution in [2.45, 2.75) is 16.7 Å². The van der Waals surface area contributed by atoms with Crippen LogP contribution in [0, 0.1) is 6.92 Å². The summed E-state index contributed by atoms with van der Waals surface area (Å²) >= 11 is 1.57. The zero-order valence-electron chi connectivity index (χ0n) is 20.4. The number of aryl methyl sites for hydroxylation is 1. The molecular weight excluding hydrogens is 519 g/mol. The number of anilines is 1. The lowest BCUT2D eigenvalue weighted by Gasteiger charge is -2.13. The third-order valence-electron chi connectivity index (χ3n) is 5.77. The van der Waals surface area contributed by atoms with E-state index in [1.807, 2.05) is 60.7 Å². The van der Waals surface area contributed by atoms with Crippen LogP contribution in [0.5, 0.6) is 0 Å². The van der Waals surface area contributed by atoms with Gasteiger partial charge in [0.25, 0.3) is 0 Å². The van der Waals surface area contributed by atoms with E-state index >= 15 is 0 Å². The molecule has 0 saturated carbocycles. The van der Waals surface area contributed by atoms with Gasteiger partial charge in [-0.05, 0) is 60.8 Å². The third kappa shape index (κ3) is 5.56. The first kappa shape index (κ1) is 25.1. The molecule has 0 bridgehead atoms. The molecule has 0 radical (unpaired) electrons. The van der Waals surface area contributed by atoms with Crippen molar-refractivity contribution in [1.82, 2.24) is 9.97 Å². The fourth-order valence-electron chi connectivity index (χ4n) is 3.91. The Morgan fingerprint density at radius 3 is 2.35 bits per heavy atom. The molecule has 8 heteroatoms. The molecule has 0 spiro atoms. The molecule has 0 aliphatic rings. The first-order chi connectivity index (χ1) is 17.8. The van der Waals surface area contributed by atoms with Crippen molar-refractivity contribution in [2.75, 3.05) is 11.0 Å². The molecule has 0 fully saturated rings. The minimum atomic E-state index is -2.78. The summed E-state index contributed by atoms with van der Waals surface area (Å²) in [6.45, 7) is 2.06. The summed E-state index contributed by atoms with van der Waals surface area (Å²) in [5, 5.41) is 0.858. The molecule has 0 saturated heterocycles. The molecule has 5 rings (SSSR count). The number of benzene rings is 3. The van der Waals surface area contributed by atoms with Gasteiger partial charge in [0.05, 0.1) is 20.3 Å². The van der Waals surface area contributed by atoms with Crippen LogP contribution in [0.1, 0.15) is 5.56 Å². The van der Waals surface area contributed by atoms with Crippen LogP contribution in [0.4, 0.5) is 5.82 Å². The third-order valence-corrected chi connectivity index (χ3v) is 9.43. The van der Waals surface area contributed by atoms with Gasteiger partial charge < -0.3 is 0 Å². The van der Waals surface area contributed by atoms with Crippen LogP contribution in [0.3, 0.4) is 0 Å². The Morgan fingerprint density at radius 2 is 1.65 bits per heavy atom. The van der Waals surface area contributed by atoms with Gasteiger partial charge in [-0.2, -0.15) is 0 Å². The van der Waals surface area contributed by atoms with Crippen molar-refractivity contribution in [3.05, 3.63) is 103 Å². The minimum Gasteiger partial charge on any atom is -0.294 e. The van der Waals surface area contributed by atoms with Crippen molar-refractivity contribution in [3.63, 3.8) is 0 Å². The minimum absolute atomic E-state index is 0.473. The zero-order chi connectivity index (χ0) is 26.0. The number of nitrogens with one attached hydrogen (secondary N) is 1. The largest absolute Gasteiger partial charge is 0.294 e. The number of thiazole rings is 1. The second-order valence-corrected chi connectivity index (χ2v) is 13.0. The van der Waals surface area contributed by atoms with Crippen LogP contribution < -0.4 is 4.72 Å². The van der Waals surface area contributed by atoms with E-state index in [-0.39, 0.29) is 0 Å². The van der Waals surface area contributed by atoms with E-state index in [4.69, 9.17) is 4.98 Å². The van der Waals surface area contributed by atoms with Gasteiger partial charge in [-0.25, -0.2) is 14.2 Å². The average Bonchev–Trinajstić information content (AvgIpc) is 3.35. The second-order valence-electron chi connectivity index (χ2n) is 8.56. The standard InChI is InChI=1S/C29H25N3O2S3/c1-20-8-7-9-22(18-20)27-28(35-29(31-27)21-12-14-24(15-13-21)36(2)33)23-16-17-30-26(19-23)32-37(3,34)25-10-5-4-6-11-25/h4-19H,3H2,1-2H3,(H,30,32,34). The molecule has 2 unspecified atom stereocenters. The Kier molecular flexibility index (Phi) is 7.06. The quantitative estimate of drug-likeness (QED) is 0.232. The first-order valence-corrected chi connectivity index (χ1v) is 15.6. The summed E-state index contributed by atoms with van der Waals surface area (Å²) < 4.78 is 28.2. The molecule has 0 aliphatic carbocycles. The summed E-state index contributed by atoms with van der Waals surface area (Å²) in [6.07, 6.45) is 3.37. The molecule has 0 aliphatic heterocycles. The molecule has 186 valence electrons. The van der Waals surface area contributed by atoms with Crippen molar-refractivity contribution < 1.29 is 8.42 Å². The predicted octanol–water partition coefficient (Wildman–Crippen LogP) is 6.69. The second kappa shape index (κ2) is 10.4. The van der Waals surface area contributed by atoms with Gasteiger partial charge in [0.15, 0.2) is 0 Å². The summed E-state index contributed by atoms with van der Waals surface area (Å²) in [4.78, 5) is 11.8. The van der Waals surface area contributed by atoms with Gasteiger partial charge in [-0.15, -0.1) is 11.3 Å². The van der Waals surface area contributed by atoms with E-state index in [9.17, 15) is 8.42 Å². The average molecular weight is 544 g/mol. The Morgan fingerprint density at radius 1 is 0.892 bits per heavy atom. The molecular formula is C29H25N3O2S3. The zero-order valence-corrected chi connectivity index (χ0v) is 22.8. The summed E-state index contributed by atoms with van der Waals surface area (Å²) in [5.41, 5.74) is 4.89. The monoisotopic (exact) mass is 543 g/mol. The van der Waals surface area contributed by atoms with Gasteiger partial charge in [0.2, 0.25) is 0 Å². The number of rotatable bonds is 7. The highest BCUT2D eigenvalue weighted by Crippen LogP contribution is 2.41. The van der Waals surface area contributed by atoms with E-state index in [0.717, 1.165) is 42.7 Å². The van der Waals surface area contributed by atoms with E-state index in [1.54, 1.807) is 35.9 Å². The Balaban J connectivity index is 1.58. The number of nitrogens with zero attached hydrogens (tertiary/aromatic N) is 2. The van der Waals surface area contributed by atoms with Gasteiger partial charge >= 0.3 is 0 Å². The smallest absolute Gasteiger partial charge is 0.138 e. The summed E-state index contributed by atoms with van der Waals surface area (Å²) in [7, 11) is -3.82. The summed E-state index contributed by atoms with van der Waals surface area (Å²) in [5.74, 6) is 4.39. The molecule has 0 amide bonds. The highest BCUT2D eigenvalue weighted by molar-refractivity contribution is 8.01. The van der Waals surface area contributed by atoms with Crippen molar-refractivity contribution >= 4 is 43.5 Å². The predicted molar refractivity (Wildman–Crippen MR) is 157 cm³/mol. The van der Waals surface area contributed by atoms with Crippen molar-refractivity contribution in [1.29, 1.82) is 0 Å². The van der Waals surface area contributed by atoms with E-state index in [1.165, 1.54) is 0 Å².